The Kier molecular flexibility index (Phi) is 3.87. The Bertz CT molecular complexity index is 703. The minimum Gasteiger partial charge on any atom is -0.391 e. The summed E-state index contributed by atoms with van der Waals surface area (Å²) in [6, 6.07) is 4.07. The van der Waals surface area contributed by atoms with E-state index < -0.39 is 0 Å². The number of aromatic nitrogens is 3. The molecule has 0 amide bonds. The molecule has 1 fully saturated rings. The summed E-state index contributed by atoms with van der Waals surface area (Å²) in [5.41, 5.74) is 2.07. The molecule has 7 heteroatoms. The molecule has 1 atom stereocenters. The molecule has 2 aliphatic rings. The maximum atomic E-state index is 5.52. The molecule has 2 aromatic heterocycles. The predicted octanol–water partition coefficient (Wildman–Crippen LogP) is 1.41. The molecule has 1 unspecified atom stereocenters. The number of rotatable bonds is 4. The highest BCUT2D eigenvalue weighted by atomic mass is 16.6. The molecule has 0 N–H and O–H groups in total. The van der Waals surface area contributed by atoms with Crippen LogP contribution < -0.4 is 4.90 Å². The summed E-state index contributed by atoms with van der Waals surface area (Å²) in [5.74, 6) is 1.02. The van der Waals surface area contributed by atoms with Crippen molar-refractivity contribution in [2.45, 2.75) is 25.9 Å². The van der Waals surface area contributed by atoms with E-state index in [1.807, 2.05) is 16.8 Å². The Morgan fingerprint density at radius 1 is 1.22 bits per heavy atom. The van der Waals surface area contributed by atoms with Crippen LogP contribution in [0.3, 0.4) is 0 Å². The van der Waals surface area contributed by atoms with Crippen LogP contribution in [0.15, 0.2) is 29.7 Å². The van der Waals surface area contributed by atoms with Crippen molar-refractivity contribution in [1.29, 1.82) is 0 Å². The highest BCUT2D eigenvalue weighted by Crippen LogP contribution is 2.17. The molecule has 7 nitrogen and oxygen atoms in total. The van der Waals surface area contributed by atoms with E-state index in [2.05, 4.69) is 38.0 Å². The van der Waals surface area contributed by atoms with Gasteiger partial charge in [0.2, 0.25) is 0 Å². The van der Waals surface area contributed by atoms with Gasteiger partial charge in [0.15, 0.2) is 5.65 Å². The molecule has 0 aliphatic carbocycles. The Labute approximate surface area is 135 Å². The van der Waals surface area contributed by atoms with Crippen molar-refractivity contribution in [3.8, 4) is 0 Å². The lowest BCUT2D eigenvalue weighted by atomic mass is 10.1. The Hall–Kier alpha value is -2.15. The average Bonchev–Trinajstić information content (AvgIpc) is 3.23. The second-order valence-electron chi connectivity index (χ2n) is 6.15. The van der Waals surface area contributed by atoms with Crippen molar-refractivity contribution < 1.29 is 4.84 Å². The Morgan fingerprint density at radius 3 is 2.87 bits per heavy atom. The van der Waals surface area contributed by atoms with Gasteiger partial charge in [-0.2, -0.15) is 0 Å². The summed E-state index contributed by atoms with van der Waals surface area (Å²) in [4.78, 5) is 14.6. The van der Waals surface area contributed by atoms with Crippen LogP contribution in [0.5, 0.6) is 0 Å². The van der Waals surface area contributed by atoms with Crippen LogP contribution in [0.25, 0.3) is 5.65 Å². The quantitative estimate of drug-likeness (QED) is 0.854. The highest BCUT2D eigenvalue weighted by Gasteiger charge is 2.25. The second-order valence-corrected chi connectivity index (χ2v) is 6.15. The van der Waals surface area contributed by atoms with Crippen LogP contribution >= 0.6 is 0 Å². The molecule has 23 heavy (non-hydrogen) atoms. The van der Waals surface area contributed by atoms with Gasteiger partial charge >= 0.3 is 0 Å². The fraction of sp³-hybridized carbons (Fsp3) is 0.562. The number of hydrogen-bond donors (Lipinski definition) is 0. The summed E-state index contributed by atoms with van der Waals surface area (Å²) in [6.45, 7) is 7.14. The van der Waals surface area contributed by atoms with E-state index in [0.29, 0.717) is 0 Å². The maximum Gasteiger partial charge on any atom is 0.153 e. The van der Waals surface area contributed by atoms with Gasteiger partial charge in [0.05, 0.1) is 5.71 Å². The molecular formula is C16H22N6O. The van der Waals surface area contributed by atoms with E-state index in [9.17, 15) is 0 Å². The molecule has 4 heterocycles. The molecule has 0 saturated carbocycles. The van der Waals surface area contributed by atoms with E-state index >= 15 is 0 Å². The molecule has 0 bridgehead atoms. The van der Waals surface area contributed by atoms with Crippen molar-refractivity contribution in [3.05, 3.63) is 24.5 Å². The van der Waals surface area contributed by atoms with Crippen LogP contribution in [0.2, 0.25) is 0 Å². The van der Waals surface area contributed by atoms with Crippen molar-refractivity contribution in [2.75, 3.05) is 37.6 Å². The summed E-state index contributed by atoms with van der Waals surface area (Å²) in [5, 5.41) is 8.78. The lowest BCUT2D eigenvalue weighted by Crippen LogP contribution is -2.49. The third-order valence-corrected chi connectivity index (χ3v) is 4.60. The largest absolute Gasteiger partial charge is 0.391 e. The van der Waals surface area contributed by atoms with Crippen molar-refractivity contribution >= 4 is 17.2 Å². The lowest BCUT2D eigenvalue weighted by molar-refractivity contribution is 0.0510. The molecule has 2 aromatic rings. The summed E-state index contributed by atoms with van der Waals surface area (Å²) in [6.07, 6.45) is 5.87. The fourth-order valence-electron chi connectivity index (χ4n) is 3.21. The first-order chi connectivity index (χ1) is 11.3. The minimum absolute atomic E-state index is 0.233. The topological polar surface area (TPSA) is 58.3 Å². The first-order valence-corrected chi connectivity index (χ1v) is 8.31. The van der Waals surface area contributed by atoms with E-state index in [1.165, 1.54) is 5.71 Å². The van der Waals surface area contributed by atoms with Gasteiger partial charge in [0.25, 0.3) is 0 Å². The van der Waals surface area contributed by atoms with E-state index in [1.54, 1.807) is 6.20 Å². The van der Waals surface area contributed by atoms with Gasteiger partial charge in [0.1, 0.15) is 11.9 Å². The lowest BCUT2D eigenvalue weighted by Gasteiger charge is -2.35. The maximum absolute atomic E-state index is 5.52. The zero-order valence-electron chi connectivity index (χ0n) is 13.4. The molecule has 2 aliphatic heterocycles. The number of anilines is 1. The van der Waals surface area contributed by atoms with Crippen molar-refractivity contribution in [3.63, 3.8) is 0 Å². The van der Waals surface area contributed by atoms with E-state index in [4.69, 9.17) is 4.84 Å². The molecule has 0 aromatic carbocycles. The van der Waals surface area contributed by atoms with Gasteiger partial charge in [-0.3, -0.25) is 4.90 Å². The predicted molar refractivity (Wildman–Crippen MR) is 88.9 cm³/mol. The normalized spacial score (nSPS) is 22.4. The van der Waals surface area contributed by atoms with E-state index in [0.717, 1.165) is 57.0 Å². The number of oxime groups is 1. The Morgan fingerprint density at radius 2 is 2.09 bits per heavy atom. The number of imidazole rings is 1. The van der Waals surface area contributed by atoms with Crippen LogP contribution in [0.4, 0.5) is 5.82 Å². The smallest absolute Gasteiger partial charge is 0.153 e. The van der Waals surface area contributed by atoms with Crippen LogP contribution in [0, 0.1) is 0 Å². The van der Waals surface area contributed by atoms with Gasteiger partial charge in [0, 0.05) is 51.5 Å². The number of fused-ring (bicyclic) bond motifs is 1. The van der Waals surface area contributed by atoms with Gasteiger partial charge in [-0.05, 0) is 18.6 Å². The van der Waals surface area contributed by atoms with Gasteiger partial charge in [-0.15, -0.1) is 5.10 Å². The molecule has 4 rings (SSSR count). The van der Waals surface area contributed by atoms with Crippen molar-refractivity contribution in [2.24, 2.45) is 5.16 Å². The summed E-state index contributed by atoms with van der Waals surface area (Å²) in [7, 11) is 0. The molecule has 122 valence electrons. The zero-order chi connectivity index (χ0) is 15.6. The fourth-order valence-corrected chi connectivity index (χ4v) is 3.21. The summed E-state index contributed by atoms with van der Waals surface area (Å²) < 4.78 is 1.83. The zero-order valence-corrected chi connectivity index (χ0v) is 13.4. The summed E-state index contributed by atoms with van der Waals surface area (Å²) >= 11 is 0. The van der Waals surface area contributed by atoms with Gasteiger partial charge in [-0.1, -0.05) is 12.1 Å². The first-order valence-electron chi connectivity index (χ1n) is 8.31. The first kappa shape index (κ1) is 14.4. The monoisotopic (exact) mass is 314 g/mol. The third-order valence-electron chi connectivity index (χ3n) is 4.60. The van der Waals surface area contributed by atoms with Crippen LogP contribution in [-0.2, 0) is 4.84 Å². The SMILES string of the molecule is CCC1=NOC(CN2CCN(c3ccc4nccn4n3)CC2)C1. The highest BCUT2D eigenvalue weighted by molar-refractivity contribution is 5.85. The van der Waals surface area contributed by atoms with Gasteiger partial charge < -0.3 is 9.74 Å². The number of nitrogens with zero attached hydrogens (tertiary/aromatic N) is 6. The van der Waals surface area contributed by atoms with E-state index in [-0.39, 0.29) is 6.10 Å². The number of hydrogen-bond acceptors (Lipinski definition) is 6. The molecule has 1 saturated heterocycles. The van der Waals surface area contributed by atoms with Gasteiger partial charge in [-0.25, -0.2) is 9.50 Å². The average molecular weight is 314 g/mol. The molecule has 0 radical (unpaired) electrons. The van der Waals surface area contributed by atoms with Crippen LogP contribution in [0.1, 0.15) is 19.8 Å². The Balaban J connectivity index is 1.32. The molecule has 0 spiro atoms. The molecular weight excluding hydrogens is 292 g/mol. The van der Waals surface area contributed by atoms with Crippen molar-refractivity contribution in [1.82, 2.24) is 19.5 Å². The second kappa shape index (κ2) is 6.16. The van der Waals surface area contributed by atoms with Crippen LogP contribution in [-0.4, -0.2) is 64.0 Å². The minimum atomic E-state index is 0.233. The number of piperazine rings is 1. The standard InChI is InChI=1S/C16H22N6O/c1-2-13-11-14(23-19-13)12-20-7-9-21(10-8-20)16-4-3-15-17-5-6-22(15)18-16/h3-6,14H,2,7-12H2,1H3. The third kappa shape index (κ3) is 3.01.